The molecule has 0 aromatic heterocycles. The lowest BCUT2D eigenvalue weighted by atomic mass is 9.33. The van der Waals surface area contributed by atoms with Crippen molar-refractivity contribution in [2.75, 3.05) is 33.7 Å². The van der Waals surface area contributed by atoms with E-state index in [-0.39, 0.29) is 51.8 Å². The number of aliphatic carboxylic acids is 1. The summed E-state index contributed by atoms with van der Waals surface area (Å²) in [6.45, 7) is 22.6. The third-order valence-corrected chi connectivity index (χ3v) is 17.4. The maximum Gasteiger partial charge on any atom is 0.309 e. The van der Waals surface area contributed by atoms with E-state index in [0.29, 0.717) is 36.4 Å². The number of Topliss-reactive ketones (excluding diaryl/α,β-unsaturated/α-hetero) is 1. The molecule has 57 heavy (non-hydrogen) atoms. The molecule has 5 aliphatic carbocycles. The van der Waals surface area contributed by atoms with Crippen LogP contribution in [0.4, 0.5) is 0 Å². The van der Waals surface area contributed by atoms with Gasteiger partial charge < -0.3 is 19.8 Å². The number of aliphatic hydroxyl groups excluding tert-OH is 1. The van der Waals surface area contributed by atoms with Crippen LogP contribution in [-0.4, -0.2) is 83.7 Å². The van der Waals surface area contributed by atoms with Crippen LogP contribution in [0.2, 0.25) is 5.02 Å². The maximum atomic E-state index is 14.3. The molecular weight excluding hydrogens is 736 g/mol. The largest absolute Gasteiger partial charge is 0.481 e. The van der Waals surface area contributed by atoms with Gasteiger partial charge in [-0.05, 0) is 142 Å². The summed E-state index contributed by atoms with van der Waals surface area (Å²) in [5.74, 6) is 0.00261. The van der Waals surface area contributed by atoms with E-state index in [9.17, 15) is 24.6 Å². The summed E-state index contributed by atoms with van der Waals surface area (Å²) >= 11 is 6.24. The van der Waals surface area contributed by atoms with Crippen LogP contribution in [0.1, 0.15) is 132 Å². The van der Waals surface area contributed by atoms with E-state index in [2.05, 4.69) is 84.5 Å². The van der Waals surface area contributed by atoms with Crippen molar-refractivity contribution >= 4 is 29.3 Å². The van der Waals surface area contributed by atoms with Gasteiger partial charge in [0.15, 0.2) is 5.78 Å². The van der Waals surface area contributed by atoms with Crippen molar-refractivity contribution in [1.82, 2.24) is 9.80 Å². The molecule has 9 atom stereocenters. The average molecular weight is 810 g/mol. The molecule has 0 spiro atoms. The lowest BCUT2D eigenvalue weighted by molar-refractivity contribution is -0.235. The van der Waals surface area contributed by atoms with Gasteiger partial charge in [-0.3, -0.25) is 19.3 Å². The highest BCUT2D eigenvalue weighted by molar-refractivity contribution is 6.30. The van der Waals surface area contributed by atoms with Crippen LogP contribution in [0, 0.1) is 56.2 Å². The van der Waals surface area contributed by atoms with E-state index >= 15 is 0 Å². The van der Waals surface area contributed by atoms with E-state index < -0.39 is 28.9 Å². The number of carbonyl (C=O) groups excluding carboxylic acids is 2. The lowest BCUT2D eigenvalue weighted by Crippen LogP contribution is -2.66. The minimum Gasteiger partial charge on any atom is -0.481 e. The van der Waals surface area contributed by atoms with Gasteiger partial charge in [0.05, 0.1) is 17.9 Å². The zero-order valence-corrected chi connectivity index (χ0v) is 37.7. The fourth-order valence-corrected chi connectivity index (χ4v) is 13.9. The van der Waals surface area contributed by atoms with E-state index in [1.165, 1.54) is 5.57 Å². The number of hydrogen-bond acceptors (Lipinski definition) is 7. The Kier molecular flexibility index (Phi) is 12.2. The highest BCUT2D eigenvalue weighted by atomic mass is 35.5. The first-order valence-corrected chi connectivity index (χ1v) is 22.3. The molecule has 2 N–H and O–H groups in total. The first-order valence-electron chi connectivity index (χ1n) is 21.9. The smallest absolute Gasteiger partial charge is 0.309 e. The van der Waals surface area contributed by atoms with Gasteiger partial charge in [0, 0.05) is 48.5 Å². The Hall–Kier alpha value is -2.26. The van der Waals surface area contributed by atoms with E-state index in [0.717, 1.165) is 75.6 Å². The van der Waals surface area contributed by atoms with Gasteiger partial charge in [-0.1, -0.05) is 77.8 Å². The molecule has 4 saturated carbocycles. The van der Waals surface area contributed by atoms with E-state index in [1.54, 1.807) is 13.8 Å². The Balaban J connectivity index is 1.29. The normalized spacial score (nSPS) is 35.5. The molecule has 0 amide bonds. The highest BCUT2D eigenvalue weighted by Gasteiger charge is 2.71. The number of carbonyl (C=O) groups is 3. The first-order chi connectivity index (χ1) is 26.4. The number of aliphatic hydroxyl groups is 1. The van der Waals surface area contributed by atoms with Crippen LogP contribution >= 0.6 is 11.6 Å². The van der Waals surface area contributed by atoms with E-state index in [1.807, 2.05) is 12.1 Å². The van der Waals surface area contributed by atoms with Crippen molar-refractivity contribution < 1.29 is 29.3 Å². The third-order valence-electron chi connectivity index (χ3n) is 17.1. The molecule has 0 radical (unpaired) electrons. The molecule has 0 unspecified atom stereocenters. The van der Waals surface area contributed by atoms with Crippen molar-refractivity contribution in [3.05, 3.63) is 46.0 Å². The number of ether oxygens (including phenoxy) is 1. The molecule has 318 valence electrons. The van der Waals surface area contributed by atoms with Gasteiger partial charge >= 0.3 is 11.9 Å². The topological polar surface area (TPSA) is 107 Å². The van der Waals surface area contributed by atoms with Crippen molar-refractivity contribution in [3.63, 3.8) is 0 Å². The minimum absolute atomic E-state index is 0.0308. The number of allylic oxidation sites excluding steroid dienone is 1. The van der Waals surface area contributed by atoms with Crippen molar-refractivity contribution in [1.29, 1.82) is 0 Å². The minimum atomic E-state index is -1.17. The fraction of sp³-hybridized carbons (Fsp3) is 0.771. The first kappa shape index (κ1) is 44.3. The lowest BCUT2D eigenvalue weighted by Gasteiger charge is -2.72. The average Bonchev–Trinajstić information content (AvgIpc) is 3.42. The predicted octanol–water partition coefficient (Wildman–Crippen LogP) is 9.46. The molecular formula is C48H73ClN2O6. The van der Waals surface area contributed by atoms with Gasteiger partial charge in [-0.2, -0.15) is 0 Å². The molecule has 1 aromatic rings. The Morgan fingerprint density at radius 1 is 0.912 bits per heavy atom. The molecule has 4 fully saturated rings. The number of benzene rings is 1. The van der Waals surface area contributed by atoms with Crippen LogP contribution in [0.3, 0.4) is 0 Å². The third kappa shape index (κ3) is 7.58. The number of fused-ring (bicyclic) bond motifs is 7. The summed E-state index contributed by atoms with van der Waals surface area (Å²) in [5.41, 5.74) is 1.54. The van der Waals surface area contributed by atoms with Gasteiger partial charge in [-0.15, -0.1) is 0 Å². The number of nitrogens with zero attached hydrogens (tertiary/aromatic N) is 2. The number of esters is 1. The molecule has 0 bridgehead atoms. The number of carboxylic acid groups (broad SMARTS) is 1. The Morgan fingerprint density at radius 2 is 1.58 bits per heavy atom. The van der Waals surface area contributed by atoms with Crippen LogP contribution in [0.25, 0.3) is 0 Å². The zero-order chi connectivity index (χ0) is 42.1. The summed E-state index contributed by atoms with van der Waals surface area (Å²) in [5, 5.41) is 23.0. The van der Waals surface area contributed by atoms with Gasteiger partial charge in [0.1, 0.15) is 6.10 Å². The quantitative estimate of drug-likeness (QED) is 0.190. The molecule has 9 heteroatoms. The Labute approximate surface area is 348 Å². The number of rotatable bonds is 13. The highest BCUT2D eigenvalue weighted by Crippen LogP contribution is 2.77. The second-order valence-electron chi connectivity index (χ2n) is 21.7. The van der Waals surface area contributed by atoms with Crippen molar-refractivity contribution in [3.8, 4) is 0 Å². The summed E-state index contributed by atoms with van der Waals surface area (Å²) < 4.78 is 6.20. The second kappa shape index (κ2) is 15.6. The van der Waals surface area contributed by atoms with Crippen LogP contribution < -0.4 is 0 Å². The number of halogens is 1. The van der Waals surface area contributed by atoms with Crippen LogP contribution in [0.5, 0.6) is 0 Å². The maximum absolute atomic E-state index is 14.3. The standard InChI is InChI=1S/C48H73ClN2O6/c1-30(2)40-34(52)26-48(37(53)29-51(25-24-50(10)11)28-31-12-14-32(49)15-13-31)23-22-46(8)33(41(40)48)16-17-36-45(7)20-19-38(57-39(54)27-43(3,4)42(55)56)44(5,6)35(45)18-21-47(36,46)9/h12-15,30,33,35-38,53H,16-29H2,1-11H3,(H,55,56)/t33-,35+,36-,37-,38+,45+,46-,47-,48+/m1/s1. The number of ketones is 1. The molecule has 0 saturated heterocycles. The zero-order valence-electron chi connectivity index (χ0n) is 37.0. The number of hydrogen-bond donors (Lipinski definition) is 2. The Bertz CT molecular complexity index is 1740. The van der Waals surface area contributed by atoms with Crippen LogP contribution in [0.15, 0.2) is 35.4 Å². The van der Waals surface area contributed by atoms with Gasteiger partial charge in [-0.25, -0.2) is 0 Å². The van der Waals surface area contributed by atoms with Crippen molar-refractivity contribution in [2.45, 2.75) is 145 Å². The summed E-state index contributed by atoms with van der Waals surface area (Å²) in [6.07, 6.45) is 7.13. The molecule has 0 aliphatic heterocycles. The summed E-state index contributed by atoms with van der Waals surface area (Å²) in [6, 6.07) is 8.00. The number of carboxylic acids is 1. The SMILES string of the molecule is CC(C)C1=C2[C@H]3CC[C@@H]4[C@@]5(C)CC[C@H](OC(=O)CC(C)(C)C(=O)O)C(C)(C)[C@@H]5CC[C@@]4(C)[C@]3(C)CC[C@@]2([C@H](O)CN(CCN(C)C)Cc2ccc(Cl)cc2)CC1=O. The Morgan fingerprint density at radius 3 is 2.19 bits per heavy atom. The summed E-state index contributed by atoms with van der Waals surface area (Å²) in [4.78, 5) is 43.8. The molecule has 8 nitrogen and oxygen atoms in total. The summed E-state index contributed by atoms with van der Waals surface area (Å²) in [7, 11) is 4.17. The predicted molar refractivity (Wildman–Crippen MR) is 227 cm³/mol. The monoisotopic (exact) mass is 809 g/mol. The van der Waals surface area contributed by atoms with Gasteiger partial charge in [0.2, 0.25) is 0 Å². The molecule has 5 aliphatic rings. The van der Waals surface area contributed by atoms with Crippen LogP contribution in [-0.2, 0) is 25.7 Å². The van der Waals surface area contributed by atoms with Gasteiger partial charge in [0.25, 0.3) is 0 Å². The molecule has 6 rings (SSSR count). The van der Waals surface area contributed by atoms with E-state index in [4.69, 9.17) is 16.3 Å². The molecule has 0 heterocycles. The molecule has 1 aromatic carbocycles. The van der Waals surface area contributed by atoms with Crippen molar-refractivity contribution in [2.24, 2.45) is 56.2 Å². The number of likely N-dealkylation sites (N-methyl/N-ethyl adjacent to an activating group) is 1. The second-order valence-corrected chi connectivity index (χ2v) is 22.2. The fourth-order valence-electron chi connectivity index (χ4n) is 13.8.